The summed E-state index contributed by atoms with van der Waals surface area (Å²) in [6, 6.07) is -0.197. The quantitative estimate of drug-likeness (QED) is 0.586. The Hall–Kier alpha value is -1.43. The Morgan fingerprint density at radius 2 is 2.54 bits per heavy atom. The van der Waals surface area contributed by atoms with Crippen molar-refractivity contribution >= 4 is 5.91 Å². The zero-order valence-corrected chi connectivity index (χ0v) is 7.91. The summed E-state index contributed by atoms with van der Waals surface area (Å²) in [6.07, 6.45) is 7.80. The first-order valence-corrected chi connectivity index (χ1v) is 4.23. The number of carbonyl (C=O) groups is 1. The minimum absolute atomic E-state index is 0.136. The van der Waals surface area contributed by atoms with Crippen LogP contribution in [0.2, 0.25) is 0 Å². The van der Waals surface area contributed by atoms with Gasteiger partial charge in [-0.25, -0.2) is 0 Å². The maximum absolute atomic E-state index is 11.6. The van der Waals surface area contributed by atoms with Crippen LogP contribution in [0, 0.1) is 12.3 Å². The van der Waals surface area contributed by atoms with E-state index in [9.17, 15) is 4.79 Å². The number of hydrogen-bond acceptors (Lipinski definition) is 2. The van der Waals surface area contributed by atoms with Crippen molar-refractivity contribution in [1.29, 1.82) is 0 Å². The van der Waals surface area contributed by atoms with Gasteiger partial charge < -0.3 is 9.64 Å². The molecule has 3 nitrogen and oxygen atoms in total. The van der Waals surface area contributed by atoms with E-state index in [4.69, 9.17) is 11.2 Å². The van der Waals surface area contributed by atoms with Crippen LogP contribution < -0.4 is 0 Å². The Bertz CT molecular complexity index is 275. The van der Waals surface area contributed by atoms with E-state index in [0.717, 1.165) is 6.42 Å². The first-order valence-electron chi connectivity index (χ1n) is 4.23. The van der Waals surface area contributed by atoms with Crippen LogP contribution in [0.4, 0.5) is 0 Å². The third-order valence-corrected chi connectivity index (χ3v) is 2.06. The van der Waals surface area contributed by atoms with Crippen molar-refractivity contribution in [2.45, 2.75) is 19.4 Å². The number of rotatable bonds is 2. The lowest BCUT2D eigenvalue weighted by molar-refractivity contribution is -0.129. The molecule has 1 aliphatic rings. The van der Waals surface area contributed by atoms with E-state index >= 15 is 0 Å². The first kappa shape index (κ1) is 9.66. The molecule has 1 heterocycles. The van der Waals surface area contributed by atoms with Gasteiger partial charge in [-0.05, 0) is 13.0 Å². The van der Waals surface area contributed by atoms with Crippen LogP contribution in [-0.2, 0) is 9.53 Å². The van der Waals surface area contributed by atoms with Gasteiger partial charge in [0.05, 0.1) is 12.6 Å². The summed E-state index contributed by atoms with van der Waals surface area (Å²) < 4.78 is 5.13. The molecular weight excluding hydrogens is 166 g/mol. The van der Waals surface area contributed by atoms with E-state index in [1.165, 1.54) is 4.90 Å². The van der Waals surface area contributed by atoms with Gasteiger partial charge in [0.25, 0.3) is 5.91 Å². The molecule has 0 saturated heterocycles. The second-order valence-electron chi connectivity index (χ2n) is 2.96. The van der Waals surface area contributed by atoms with Crippen molar-refractivity contribution in [1.82, 2.24) is 4.90 Å². The lowest BCUT2D eigenvalue weighted by Crippen LogP contribution is -2.35. The zero-order chi connectivity index (χ0) is 9.84. The number of carbonyl (C=O) groups excluding carboxylic acids is 1. The highest BCUT2D eigenvalue weighted by atomic mass is 16.5. The molecular formula is C10H13NO2. The molecule has 0 radical (unpaired) electrons. The van der Waals surface area contributed by atoms with E-state index in [1.54, 1.807) is 20.0 Å². The topological polar surface area (TPSA) is 29.5 Å². The summed E-state index contributed by atoms with van der Waals surface area (Å²) in [5.41, 5.74) is 0. The monoisotopic (exact) mass is 179 g/mol. The zero-order valence-electron chi connectivity index (χ0n) is 7.91. The molecule has 0 N–H and O–H groups in total. The van der Waals surface area contributed by atoms with Crippen molar-refractivity contribution in [2.75, 3.05) is 13.7 Å². The Balaban J connectivity index is 2.62. The van der Waals surface area contributed by atoms with Crippen molar-refractivity contribution in [3.63, 3.8) is 0 Å². The van der Waals surface area contributed by atoms with Crippen LogP contribution >= 0.6 is 0 Å². The van der Waals surface area contributed by atoms with Crippen LogP contribution in [0.5, 0.6) is 0 Å². The molecule has 0 aliphatic carbocycles. The lowest BCUT2D eigenvalue weighted by Gasteiger charge is -2.20. The molecule has 1 unspecified atom stereocenters. The van der Waals surface area contributed by atoms with E-state index in [2.05, 4.69) is 5.92 Å². The van der Waals surface area contributed by atoms with Gasteiger partial charge in [-0.15, -0.1) is 6.42 Å². The number of nitrogens with zero attached hydrogens (tertiary/aromatic N) is 1. The fourth-order valence-electron chi connectivity index (χ4n) is 1.03. The second-order valence-corrected chi connectivity index (χ2v) is 2.96. The molecule has 13 heavy (non-hydrogen) atoms. The predicted octanol–water partition coefficient (Wildman–Crippen LogP) is 0.771. The molecule has 1 atom stereocenters. The smallest absolute Gasteiger partial charge is 0.289 e. The molecule has 0 spiro atoms. The number of hydrogen-bond donors (Lipinski definition) is 0. The highest BCUT2D eigenvalue weighted by molar-refractivity contribution is 5.92. The van der Waals surface area contributed by atoms with Crippen molar-refractivity contribution < 1.29 is 9.53 Å². The molecule has 0 bridgehead atoms. The lowest BCUT2D eigenvalue weighted by atomic mass is 10.3. The summed E-state index contributed by atoms with van der Waals surface area (Å²) in [7, 11) is 1.68. The molecule has 70 valence electrons. The Kier molecular flexibility index (Phi) is 2.97. The summed E-state index contributed by atoms with van der Waals surface area (Å²) in [5.74, 6) is 2.78. The van der Waals surface area contributed by atoms with Crippen LogP contribution in [0.25, 0.3) is 0 Å². The Labute approximate surface area is 78.4 Å². The van der Waals surface area contributed by atoms with Crippen molar-refractivity contribution in [2.24, 2.45) is 0 Å². The van der Waals surface area contributed by atoms with Gasteiger partial charge in [-0.1, -0.05) is 5.92 Å². The molecule has 0 saturated carbocycles. The van der Waals surface area contributed by atoms with E-state index in [-0.39, 0.29) is 11.9 Å². The molecule has 1 amide bonds. The predicted molar refractivity (Wildman–Crippen MR) is 49.7 cm³/mol. The van der Waals surface area contributed by atoms with Crippen LogP contribution in [0.15, 0.2) is 11.8 Å². The second kappa shape index (κ2) is 3.99. The minimum atomic E-state index is -0.197. The Morgan fingerprint density at radius 1 is 1.85 bits per heavy atom. The van der Waals surface area contributed by atoms with Gasteiger partial charge in [0.1, 0.15) is 0 Å². The number of amides is 1. The SMILES string of the molecule is C#CC(C)N(C)C(=O)C1=CCCO1. The van der Waals surface area contributed by atoms with Gasteiger partial charge in [0, 0.05) is 13.5 Å². The van der Waals surface area contributed by atoms with Gasteiger partial charge in [0.15, 0.2) is 5.76 Å². The molecule has 0 aromatic rings. The summed E-state index contributed by atoms with van der Waals surface area (Å²) in [4.78, 5) is 13.1. The molecule has 0 fully saturated rings. The summed E-state index contributed by atoms with van der Waals surface area (Å²) >= 11 is 0. The summed E-state index contributed by atoms with van der Waals surface area (Å²) in [5, 5.41) is 0. The third kappa shape index (κ3) is 2.03. The summed E-state index contributed by atoms with van der Waals surface area (Å²) in [6.45, 7) is 2.40. The molecule has 0 aromatic carbocycles. The van der Waals surface area contributed by atoms with E-state index < -0.39 is 0 Å². The minimum Gasteiger partial charge on any atom is -0.488 e. The number of ether oxygens (including phenoxy) is 1. The molecule has 1 rings (SSSR count). The van der Waals surface area contributed by atoms with E-state index in [1.807, 2.05) is 0 Å². The van der Waals surface area contributed by atoms with E-state index in [0.29, 0.717) is 12.4 Å². The highest BCUT2D eigenvalue weighted by Gasteiger charge is 2.21. The average molecular weight is 179 g/mol. The van der Waals surface area contributed by atoms with Gasteiger partial charge in [0.2, 0.25) is 0 Å². The van der Waals surface area contributed by atoms with Crippen molar-refractivity contribution in [3.8, 4) is 12.3 Å². The third-order valence-electron chi connectivity index (χ3n) is 2.06. The maximum atomic E-state index is 11.6. The van der Waals surface area contributed by atoms with Crippen LogP contribution in [0.3, 0.4) is 0 Å². The molecule has 3 heteroatoms. The fourth-order valence-corrected chi connectivity index (χ4v) is 1.03. The first-order chi connectivity index (χ1) is 6.16. The van der Waals surface area contributed by atoms with Crippen LogP contribution in [-0.4, -0.2) is 30.5 Å². The maximum Gasteiger partial charge on any atom is 0.289 e. The highest BCUT2D eigenvalue weighted by Crippen LogP contribution is 2.12. The number of likely N-dealkylation sites (N-methyl/N-ethyl adjacent to an activating group) is 1. The molecule has 1 aliphatic heterocycles. The van der Waals surface area contributed by atoms with Gasteiger partial charge in [-0.3, -0.25) is 4.79 Å². The van der Waals surface area contributed by atoms with Crippen molar-refractivity contribution in [3.05, 3.63) is 11.8 Å². The van der Waals surface area contributed by atoms with Gasteiger partial charge >= 0.3 is 0 Å². The van der Waals surface area contributed by atoms with Crippen LogP contribution in [0.1, 0.15) is 13.3 Å². The van der Waals surface area contributed by atoms with Gasteiger partial charge in [-0.2, -0.15) is 0 Å². The standard InChI is InChI=1S/C10H13NO2/c1-4-8(2)11(3)10(12)9-6-5-7-13-9/h1,6,8H,5,7H2,2-3H3. The fraction of sp³-hybridized carbons (Fsp3) is 0.500. The largest absolute Gasteiger partial charge is 0.488 e. The normalized spacial score (nSPS) is 16.8. The Morgan fingerprint density at radius 3 is 3.00 bits per heavy atom. The number of terminal acetylenes is 1. The average Bonchev–Trinajstić information content (AvgIpc) is 2.67. The molecule has 0 aromatic heterocycles.